The van der Waals surface area contributed by atoms with E-state index in [1.165, 1.54) is 31.2 Å². The molecular formula is C22H22FN3O5S. The van der Waals surface area contributed by atoms with Crippen LogP contribution in [-0.2, 0) is 19.6 Å². The van der Waals surface area contributed by atoms with Crippen LogP contribution in [0.25, 0.3) is 10.8 Å². The van der Waals surface area contributed by atoms with Gasteiger partial charge in [0.2, 0.25) is 15.9 Å². The molecule has 10 heteroatoms. The first-order valence-corrected chi connectivity index (χ1v) is 11.2. The second-order valence-electron chi connectivity index (χ2n) is 6.88. The first-order chi connectivity index (χ1) is 15.3. The number of carbonyl (C=O) groups is 2. The Morgan fingerprint density at radius 2 is 1.66 bits per heavy atom. The number of nitrogens with one attached hydrogen (secondary N) is 3. The van der Waals surface area contributed by atoms with Crippen LogP contribution in [0.4, 0.5) is 4.39 Å². The van der Waals surface area contributed by atoms with Gasteiger partial charge in [-0.15, -0.1) is 0 Å². The van der Waals surface area contributed by atoms with E-state index in [2.05, 4.69) is 15.6 Å². The van der Waals surface area contributed by atoms with Gasteiger partial charge in [0.25, 0.3) is 5.91 Å². The van der Waals surface area contributed by atoms with Gasteiger partial charge in [0.1, 0.15) is 0 Å². The van der Waals surface area contributed by atoms with Crippen molar-refractivity contribution in [2.45, 2.75) is 24.3 Å². The topological polar surface area (TPSA) is 114 Å². The number of amides is 2. The molecule has 0 radical (unpaired) electrons. The molecule has 0 spiro atoms. The summed E-state index contributed by atoms with van der Waals surface area (Å²) in [5.74, 6) is -2.02. The standard InChI is InChI=1S/C22H22FN3O5S/c1-15(31-20-9-5-4-8-19(20)23)22(28)26-25-21(27)12-13-24-32(29,30)18-11-10-16-6-2-3-7-17(16)14-18/h2-11,14-15,24H,12-13H2,1H3,(H,25,27)(H,26,28). The highest BCUT2D eigenvalue weighted by atomic mass is 32.2. The number of hydrogen-bond donors (Lipinski definition) is 3. The summed E-state index contributed by atoms with van der Waals surface area (Å²) in [5.41, 5.74) is 4.33. The lowest BCUT2D eigenvalue weighted by atomic mass is 10.1. The third kappa shape index (κ3) is 6.02. The summed E-state index contributed by atoms with van der Waals surface area (Å²) in [5, 5.41) is 1.69. The molecule has 0 heterocycles. The van der Waals surface area contributed by atoms with Crippen molar-refractivity contribution < 1.29 is 27.1 Å². The van der Waals surface area contributed by atoms with E-state index in [1.54, 1.807) is 24.3 Å². The Balaban J connectivity index is 1.45. The average Bonchev–Trinajstić information content (AvgIpc) is 2.78. The molecule has 0 saturated carbocycles. The molecular weight excluding hydrogens is 437 g/mol. The third-order valence-corrected chi connectivity index (χ3v) is 5.97. The zero-order chi connectivity index (χ0) is 23.1. The van der Waals surface area contributed by atoms with Crippen LogP contribution in [0.2, 0.25) is 0 Å². The largest absolute Gasteiger partial charge is 0.478 e. The number of hydrogen-bond acceptors (Lipinski definition) is 5. The molecule has 0 aliphatic rings. The molecule has 0 aliphatic heterocycles. The first-order valence-electron chi connectivity index (χ1n) is 9.74. The van der Waals surface area contributed by atoms with Crippen molar-refractivity contribution in [1.29, 1.82) is 0 Å². The molecule has 0 bridgehead atoms. The Bertz CT molecular complexity index is 1230. The van der Waals surface area contributed by atoms with E-state index in [0.29, 0.717) is 0 Å². The van der Waals surface area contributed by atoms with Crippen LogP contribution in [0.5, 0.6) is 5.75 Å². The summed E-state index contributed by atoms with van der Waals surface area (Å²) in [6.45, 7) is 1.23. The molecule has 8 nitrogen and oxygen atoms in total. The van der Waals surface area contributed by atoms with Crippen molar-refractivity contribution in [3.8, 4) is 5.75 Å². The predicted molar refractivity (Wildman–Crippen MR) is 117 cm³/mol. The van der Waals surface area contributed by atoms with Crippen LogP contribution in [-0.4, -0.2) is 32.9 Å². The Labute approximate surface area is 184 Å². The average molecular weight is 459 g/mol. The van der Waals surface area contributed by atoms with Gasteiger partial charge in [-0.05, 0) is 42.0 Å². The summed E-state index contributed by atoms with van der Waals surface area (Å²) in [7, 11) is -3.80. The van der Waals surface area contributed by atoms with Gasteiger partial charge in [-0.25, -0.2) is 17.5 Å². The number of ether oxygens (including phenoxy) is 1. The maximum atomic E-state index is 13.6. The van der Waals surface area contributed by atoms with E-state index in [9.17, 15) is 22.4 Å². The number of hydrazine groups is 1. The lowest BCUT2D eigenvalue weighted by molar-refractivity contribution is -0.132. The zero-order valence-corrected chi connectivity index (χ0v) is 18.0. The van der Waals surface area contributed by atoms with Gasteiger partial charge in [0.05, 0.1) is 4.90 Å². The number of benzene rings is 3. The second-order valence-corrected chi connectivity index (χ2v) is 8.65. The highest BCUT2D eigenvalue weighted by Crippen LogP contribution is 2.19. The molecule has 2 amide bonds. The fraction of sp³-hybridized carbons (Fsp3) is 0.182. The summed E-state index contributed by atoms with van der Waals surface area (Å²) >= 11 is 0. The van der Waals surface area contributed by atoms with Gasteiger partial charge in [0.15, 0.2) is 17.7 Å². The van der Waals surface area contributed by atoms with Crippen LogP contribution in [0.15, 0.2) is 71.6 Å². The Kier molecular flexibility index (Phi) is 7.39. The van der Waals surface area contributed by atoms with Crippen molar-refractivity contribution in [3.05, 3.63) is 72.5 Å². The van der Waals surface area contributed by atoms with Crippen molar-refractivity contribution >= 4 is 32.6 Å². The molecule has 0 aromatic heterocycles. The number of halogens is 1. The molecule has 32 heavy (non-hydrogen) atoms. The van der Waals surface area contributed by atoms with E-state index >= 15 is 0 Å². The Morgan fingerprint density at radius 3 is 2.41 bits per heavy atom. The Morgan fingerprint density at radius 1 is 0.969 bits per heavy atom. The van der Waals surface area contributed by atoms with Crippen LogP contribution >= 0.6 is 0 Å². The van der Waals surface area contributed by atoms with E-state index in [1.807, 2.05) is 18.2 Å². The van der Waals surface area contributed by atoms with E-state index in [4.69, 9.17) is 4.74 Å². The summed E-state index contributed by atoms with van der Waals surface area (Å²) < 4.78 is 46.1. The number of rotatable bonds is 8. The van der Waals surface area contributed by atoms with Crippen molar-refractivity contribution in [1.82, 2.24) is 15.6 Å². The van der Waals surface area contributed by atoms with Crippen LogP contribution in [0, 0.1) is 5.82 Å². The van der Waals surface area contributed by atoms with Gasteiger partial charge in [-0.1, -0.05) is 42.5 Å². The van der Waals surface area contributed by atoms with Crippen LogP contribution in [0.1, 0.15) is 13.3 Å². The highest BCUT2D eigenvalue weighted by Gasteiger charge is 2.18. The molecule has 0 saturated heterocycles. The fourth-order valence-corrected chi connectivity index (χ4v) is 3.86. The minimum absolute atomic E-state index is 0.0871. The maximum Gasteiger partial charge on any atom is 0.279 e. The summed E-state index contributed by atoms with van der Waals surface area (Å²) in [6, 6.07) is 17.7. The van der Waals surface area contributed by atoms with Gasteiger partial charge in [0, 0.05) is 13.0 Å². The van der Waals surface area contributed by atoms with Crippen molar-refractivity contribution in [2.24, 2.45) is 0 Å². The second kappa shape index (κ2) is 10.2. The monoisotopic (exact) mass is 459 g/mol. The molecule has 168 valence electrons. The normalized spacial score (nSPS) is 12.2. The van der Waals surface area contributed by atoms with Crippen LogP contribution < -0.4 is 20.3 Å². The third-order valence-electron chi connectivity index (χ3n) is 4.51. The quantitative estimate of drug-likeness (QED) is 0.447. The zero-order valence-electron chi connectivity index (χ0n) is 17.2. The Hall–Kier alpha value is -3.50. The van der Waals surface area contributed by atoms with E-state index in [0.717, 1.165) is 10.8 Å². The van der Waals surface area contributed by atoms with Crippen molar-refractivity contribution in [2.75, 3.05) is 6.54 Å². The lowest BCUT2D eigenvalue weighted by Gasteiger charge is -2.15. The molecule has 1 atom stereocenters. The molecule has 3 aromatic rings. The van der Waals surface area contributed by atoms with Gasteiger partial charge in [-0.2, -0.15) is 0 Å². The molecule has 3 rings (SSSR count). The summed E-state index contributed by atoms with van der Waals surface area (Å²) in [4.78, 5) is 24.0. The molecule has 3 aromatic carbocycles. The fourth-order valence-electron chi connectivity index (χ4n) is 2.80. The molecule has 0 aliphatic carbocycles. The van der Waals surface area contributed by atoms with E-state index in [-0.39, 0.29) is 23.6 Å². The minimum Gasteiger partial charge on any atom is -0.478 e. The molecule has 0 fully saturated rings. The minimum atomic E-state index is -3.80. The van der Waals surface area contributed by atoms with Gasteiger partial charge in [-0.3, -0.25) is 20.4 Å². The molecule has 3 N–H and O–H groups in total. The SMILES string of the molecule is CC(Oc1ccccc1F)C(=O)NNC(=O)CCNS(=O)(=O)c1ccc2ccccc2c1. The predicted octanol–water partition coefficient (Wildman–Crippen LogP) is 2.26. The number of sulfonamides is 1. The van der Waals surface area contributed by atoms with Crippen molar-refractivity contribution in [3.63, 3.8) is 0 Å². The first kappa shape index (κ1) is 23.2. The number of para-hydroxylation sites is 1. The van der Waals surface area contributed by atoms with E-state index < -0.39 is 33.8 Å². The summed E-state index contributed by atoms with van der Waals surface area (Å²) in [6.07, 6.45) is -1.28. The smallest absolute Gasteiger partial charge is 0.279 e. The number of carbonyl (C=O) groups excluding carboxylic acids is 2. The van der Waals surface area contributed by atoms with Gasteiger partial charge >= 0.3 is 0 Å². The highest BCUT2D eigenvalue weighted by molar-refractivity contribution is 7.89. The van der Waals surface area contributed by atoms with Gasteiger partial charge < -0.3 is 4.74 Å². The number of fused-ring (bicyclic) bond motifs is 1. The maximum absolute atomic E-state index is 13.6. The van der Waals surface area contributed by atoms with Crippen LogP contribution in [0.3, 0.4) is 0 Å². The lowest BCUT2D eigenvalue weighted by Crippen LogP contribution is -2.47. The molecule has 1 unspecified atom stereocenters.